The van der Waals surface area contributed by atoms with Crippen molar-refractivity contribution >= 4 is 32.3 Å². The first-order chi connectivity index (χ1) is 10.8. The third-order valence-corrected chi connectivity index (χ3v) is 4.89. The van der Waals surface area contributed by atoms with Gasteiger partial charge in [-0.2, -0.15) is 4.98 Å². The van der Waals surface area contributed by atoms with Gasteiger partial charge in [0.1, 0.15) is 11.4 Å². The fourth-order valence-electron chi connectivity index (χ4n) is 3.12. The van der Waals surface area contributed by atoms with Gasteiger partial charge in [0, 0.05) is 33.4 Å². The van der Waals surface area contributed by atoms with Gasteiger partial charge in [-0.15, -0.1) is 0 Å². The number of benzene rings is 2. The van der Waals surface area contributed by atoms with Crippen molar-refractivity contribution in [1.82, 2.24) is 9.38 Å². The lowest BCUT2D eigenvalue weighted by Gasteiger charge is -2.16. The molecule has 0 radical (unpaired) electrons. The van der Waals surface area contributed by atoms with E-state index in [1.54, 1.807) is 0 Å². The van der Waals surface area contributed by atoms with E-state index in [0.29, 0.717) is 5.88 Å². The summed E-state index contributed by atoms with van der Waals surface area (Å²) in [4.78, 5) is 4.74. The Morgan fingerprint density at radius 1 is 1.00 bits per heavy atom. The van der Waals surface area contributed by atoms with Crippen LogP contribution in [0.25, 0.3) is 16.4 Å². The molecule has 1 aliphatic rings. The molecule has 2 aromatic heterocycles. The van der Waals surface area contributed by atoms with Crippen LogP contribution in [0.3, 0.4) is 0 Å². The molecule has 0 bridgehead atoms. The lowest BCUT2D eigenvalue weighted by molar-refractivity contribution is 0.443. The number of fused-ring (bicyclic) bond motifs is 6. The average molecular weight is 351 g/mol. The van der Waals surface area contributed by atoms with Crippen LogP contribution in [0.5, 0.6) is 11.6 Å². The molecule has 0 amide bonds. The van der Waals surface area contributed by atoms with Crippen LogP contribution in [0.2, 0.25) is 0 Å². The Kier molecular flexibility index (Phi) is 2.41. The number of hydrogen-bond acceptors (Lipinski definition) is 2. The van der Waals surface area contributed by atoms with Crippen molar-refractivity contribution in [2.24, 2.45) is 0 Å². The molecular formula is C18H11BrN2O. The summed E-state index contributed by atoms with van der Waals surface area (Å²) in [5.41, 5.74) is 3.25. The molecule has 3 nitrogen and oxygen atoms in total. The Morgan fingerprint density at radius 3 is 2.86 bits per heavy atom. The van der Waals surface area contributed by atoms with E-state index in [2.05, 4.69) is 44.7 Å². The van der Waals surface area contributed by atoms with Crippen molar-refractivity contribution < 1.29 is 4.74 Å². The third kappa shape index (κ3) is 1.58. The number of aromatic nitrogens is 2. The minimum Gasteiger partial charge on any atom is -0.437 e. The summed E-state index contributed by atoms with van der Waals surface area (Å²) in [6.07, 6.45) is 2.91. The second-order valence-electron chi connectivity index (χ2n) is 5.46. The van der Waals surface area contributed by atoms with E-state index in [0.717, 1.165) is 38.8 Å². The third-order valence-electron chi connectivity index (χ3n) is 4.19. The Labute approximate surface area is 135 Å². The van der Waals surface area contributed by atoms with Crippen LogP contribution in [0, 0.1) is 0 Å². The highest BCUT2D eigenvalue weighted by molar-refractivity contribution is 9.10. The van der Waals surface area contributed by atoms with Gasteiger partial charge in [0.15, 0.2) is 0 Å². The van der Waals surface area contributed by atoms with E-state index < -0.39 is 0 Å². The highest BCUT2D eigenvalue weighted by Gasteiger charge is 2.23. The summed E-state index contributed by atoms with van der Waals surface area (Å²) < 4.78 is 9.22. The molecule has 0 saturated carbocycles. The molecular weight excluding hydrogens is 340 g/mol. The van der Waals surface area contributed by atoms with Gasteiger partial charge in [-0.3, -0.25) is 4.40 Å². The summed E-state index contributed by atoms with van der Waals surface area (Å²) in [5, 5.41) is 2.29. The molecule has 0 saturated heterocycles. The van der Waals surface area contributed by atoms with Crippen LogP contribution in [0.15, 0.2) is 59.2 Å². The lowest BCUT2D eigenvalue weighted by Crippen LogP contribution is -2.04. The number of rotatable bonds is 0. The first-order valence-electron chi connectivity index (χ1n) is 7.15. The van der Waals surface area contributed by atoms with Crippen molar-refractivity contribution in [3.63, 3.8) is 0 Å². The molecule has 0 unspecified atom stereocenters. The Bertz CT molecular complexity index is 1050. The second-order valence-corrected chi connectivity index (χ2v) is 6.31. The topological polar surface area (TPSA) is 26.5 Å². The number of para-hydroxylation sites is 1. The summed E-state index contributed by atoms with van der Waals surface area (Å²) in [5.74, 6) is 1.62. The number of pyridine rings is 1. The Morgan fingerprint density at radius 2 is 1.91 bits per heavy atom. The smallest absolute Gasteiger partial charge is 0.241 e. The van der Waals surface area contributed by atoms with E-state index in [9.17, 15) is 0 Å². The largest absolute Gasteiger partial charge is 0.437 e. The molecule has 2 aromatic carbocycles. The van der Waals surface area contributed by atoms with Gasteiger partial charge >= 0.3 is 0 Å². The minimum absolute atomic E-state index is 0.714. The number of halogens is 1. The molecule has 0 atom stereocenters. The summed E-state index contributed by atoms with van der Waals surface area (Å²) >= 11 is 3.61. The van der Waals surface area contributed by atoms with Crippen LogP contribution >= 0.6 is 15.9 Å². The predicted octanol–water partition coefficient (Wildman–Crippen LogP) is 4.95. The molecule has 4 aromatic rings. The maximum absolute atomic E-state index is 6.00. The molecule has 4 heteroatoms. The molecule has 5 rings (SSSR count). The fraction of sp³-hybridized carbons (Fsp3) is 0.0556. The van der Waals surface area contributed by atoms with Gasteiger partial charge in [-0.05, 0) is 18.2 Å². The Hall–Kier alpha value is -2.33. The fourth-order valence-corrected chi connectivity index (χ4v) is 3.62. The first-order valence-corrected chi connectivity index (χ1v) is 7.94. The van der Waals surface area contributed by atoms with Crippen molar-refractivity contribution in [1.29, 1.82) is 0 Å². The normalized spacial score (nSPS) is 13.0. The van der Waals surface area contributed by atoms with E-state index in [4.69, 9.17) is 9.72 Å². The van der Waals surface area contributed by atoms with Crippen molar-refractivity contribution in [3.8, 4) is 11.6 Å². The molecule has 22 heavy (non-hydrogen) atoms. The van der Waals surface area contributed by atoms with Crippen LogP contribution in [-0.2, 0) is 6.42 Å². The van der Waals surface area contributed by atoms with Gasteiger partial charge in [0.2, 0.25) is 5.88 Å². The second kappa shape index (κ2) is 4.34. The van der Waals surface area contributed by atoms with Crippen molar-refractivity contribution in [2.75, 3.05) is 0 Å². The molecule has 3 heterocycles. The first kappa shape index (κ1) is 12.2. The highest BCUT2D eigenvalue weighted by atomic mass is 79.9. The van der Waals surface area contributed by atoms with Gasteiger partial charge in [0.25, 0.3) is 0 Å². The van der Waals surface area contributed by atoms with Gasteiger partial charge in [-0.25, -0.2) is 0 Å². The standard InChI is InChI=1S/C18H11BrN2O/c19-14-6-3-5-13-12(14)8-9-21-15-10-11-4-1-2-7-16(11)22-18(15)20-17(13)21/h1-9H,10H2. The van der Waals surface area contributed by atoms with E-state index in [1.165, 1.54) is 5.56 Å². The van der Waals surface area contributed by atoms with Gasteiger partial charge in [0.05, 0.1) is 5.69 Å². The Balaban J connectivity index is 1.83. The van der Waals surface area contributed by atoms with Crippen LogP contribution < -0.4 is 4.74 Å². The molecule has 1 aliphatic heterocycles. The quantitative estimate of drug-likeness (QED) is 0.395. The zero-order valence-electron chi connectivity index (χ0n) is 11.6. The molecule has 106 valence electrons. The number of ether oxygens (including phenoxy) is 1. The molecule has 0 fully saturated rings. The van der Waals surface area contributed by atoms with Gasteiger partial charge in [-0.1, -0.05) is 46.3 Å². The van der Waals surface area contributed by atoms with Crippen LogP contribution in [0.4, 0.5) is 0 Å². The van der Waals surface area contributed by atoms with Crippen molar-refractivity contribution in [2.45, 2.75) is 6.42 Å². The van der Waals surface area contributed by atoms with E-state index in [-0.39, 0.29) is 0 Å². The highest BCUT2D eigenvalue weighted by Crippen LogP contribution is 2.38. The van der Waals surface area contributed by atoms with Gasteiger partial charge < -0.3 is 4.74 Å². The molecule has 0 N–H and O–H groups in total. The van der Waals surface area contributed by atoms with Crippen LogP contribution in [-0.4, -0.2) is 9.38 Å². The minimum atomic E-state index is 0.714. The monoisotopic (exact) mass is 350 g/mol. The average Bonchev–Trinajstić information content (AvgIpc) is 2.91. The van der Waals surface area contributed by atoms with E-state index in [1.807, 2.05) is 30.3 Å². The van der Waals surface area contributed by atoms with Crippen LogP contribution in [0.1, 0.15) is 11.3 Å². The number of nitrogens with zero attached hydrogens (tertiary/aromatic N) is 2. The SMILES string of the molecule is Brc1cccc2c1ccn1c3c(nc21)Oc1ccccc1C3. The number of hydrogen-bond donors (Lipinski definition) is 0. The zero-order valence-corrected chi connectivity index (χ0v) is 13.2. The maximum Gasteiger partial charge on any atom is 0.241 e. The molecule has 0 aliphatic carbocycles. The summed E-state index contributed by atoms with van der Waals surface area (Å²) in [6, 6.07) is 16.4. The lowest BCUT2D eigenvalue weighted by atomic mass is 10.1. The number of imidazole rings is 1. The predicted molar refractivity (Wildman–Crippen MR) is 89.7 cm³/mol. The molecule has 0 spiro atoms. The maximum atomic E-state index is 6.00. The van der Waals surface area contributed by atoms with Crippen molar-refractivity contribution in [3.05, 3.63) is 70.5 Å². The summed E-state index contributed by atoms with van der Waals surface area (Å²) in [6.45, 7) is 0. The van der Waals surface area contributed by atoms with E-state index >= 15 is 0 Å². The zero-order chi connectivity index (χ0) is 14.7. The summed E-state index contributed by atoms with van der Waals surface area (Å²) in [7, 11) is 0.